The van der Waals surface area contributed by atoms with E-state index in [1.807, 2.05) is 17.6 Å². The normalized spacial score (nSPS) is 11.0. The number of nitrogens with two attached hydrogens (primary N) is 1. The number of imidazole rings is 1. The molecule has 0 unspecified atom stereocenters. The lowest BCUT2D eigenvalue weighted by Gasteiger charge is -2.02. The molecule has 4 heteroatoms. The van der Waals surface area contributed by atoms with Crippen LogP contribution in [0.2, 0.25) is 0 Å². The van der Waals surface area contributed by atoms with Gasteiger partial charge in [-0.1, -0.05) is 6.92 Å². The molecule has 0 saturated carbocycles. The van der Waals surface area contributed by atoms with Crippen LogP contribution in [0.1, 0.15) is 18.9 Å². The maximum absolute atomic E-state index is 5.82. The predicted molar refractivity (Wildman–Crippen MR) is 57.0 cm³/mol. The number of nitrogens with zero attached hydrogens (tertiary/aromatic N) is 3. The van der Waals surface area contributed by atoms with Crippen LogP contribution in [-0.2, 0) is 6.54 Å². The van der Waals surface area contributed by atoms with E-state index in [4.69, 9.17) is 5.73 Å². The number of anilines is 1. The van der Waals surface area contributed by atoms with Crippen molar-refractivity contribution in [2.75, 3.05) is 5.73 Å². The maximum Gasteiger partial charge on any atom is 0.202 e. The second-order valence-electron chi connectivity index (χ2n) is 3.42. The molecule has 0 aliphatic carbocycles. The highest BCUT2D eigenvalue weighted by molar-refractivity contribution is 5.77. The summed E-state index contributed by atoms with van der Waals surface area (Å²) >= 11 is 0. The van der Waals surface area contributed by atoms with Crippen LogP contribution in [0.4, 0.5) is 5.95 Å². The summed E-state index contributed by atoms with van der Waals surface area (Å²) in [5, 5.41) is 0. The average Bonchev–Trinajstić information content (AvgIpc) is 2.47. The topological polar surface area (TPSA) is 56.7 Å². The molecule has 2 aromatic heterocycles. The van der Waals surface area contributed by atoms with Gasteiger partial charge in [-0.3, -0.25) is 4.57 Å². The number of aryl methyl sites for hydroxylation is 2. The Morgan fingerprint density at radius 3 is 3.00 bits per heavy atom. The van der Waals surface area contributed by atoms with Crippen molar-refractivity contribution < 1.29 is 0 Å². The third-order valence-corrected chi connectivity index (χ3v) is 2.31. The standard InChI is InChI=1S/C10H14N4/c1-3-6-14-9-8(13-10(14)11)7(2)4-5-12-9/h4-5H,3,6H2,1-2H3,(H2,11,13). The molecule has 0 amide bonds. The van der Waals surface area contributed by atoms with Crippen LogP contribution >= 0.6 is 0 Å². The summed E-state index contributed by atoms with van der Waals surface area (Å²) in [5.74, 6) is 0.559. The lowest BCUT2D eigenvalue weighted by Crippen LogP contribution is -2.03. The van der Waals surface area contributed by atoms with Crippen molar-refractivity contribution in [3.63, 3.8) is 0 Å². The second kappa shape index (κ2) is 3.29. The molecule has 0 aliphatic rings. The van der Waals surface area contributed by atoms with Gasteiger partial charge in [0.15, 0.2) is 5.65 Å². The van der Waals surface area contributed by atoms with Crippen LogP contribution in [0.3, 0.4) is 0 Å². The van der Waals surface area contributed by atoms with Crippen LogP contribution in [0.5, 0.6) is 0 Å². The highest BCUT2D eigenvalue weighted by atomic mass is 15.2. The molecular formula is C10H14N4. The largest absolute Gasteiger partial charge is 0.369 e. The Kier molecular flexibility index (Phi) is 2.11. The third kappa shape index (κ3) is 1.23. The molecule has 14 heavy (non-hydrogen) atoms. The van der Waals surface area contributed by atoms with Crippen LogP contribution in [0.15, 0.2) is 12.3 Å². The van der Waals surface area contributed by atoms with Crippen molar-refractivity contribution in [1.29, 1.82) is 0 Å². The summed E-state index contributed by atoms with van der Waals surface area (Å²) < 4.78 is 1.96. The lowest BCUT2D eigenvalue weighted by molar-refractivity contribution is 0.701. The summed E-state index contributed by atoms with van der Waals surface area (Å²) in [7, 11) is 0. The Balaban J connectivity index is 2.70. The first-order valence-electron chi connectivity index (χ1n) is 4.81. The number of aromatic nitrogens is 3. The summed E-state index contributed by atoms with van der Waals surface area (Å²) in [6.07, 6.45) is 2.83. The number of nitrogen functional groups attached to an aromatic ring is 1. The minimum absolute atomic E-state index is 0.559. The van der Waals surface area contributed by atoms with E-state index in [0.717, 1.165) is 29.7 Å². The van der Waals surface area contributed by atoms with E-state index in [-0.39, 0.29) is 0 Å². The lowest BCUT2D eigenvalue weighted by atomic mass is 10.3. The summed E-state index contributed by atoms with van der Waals surface area (Å²) in [4.78, 5) is 8.61. The molecule has 2 rings (SSSR count). The van der Waals surface area contributed by atoms with Gasteiger partial charge in [-0.2, -0.15) is 0 Å². The Labute approximate surface area is 82.8 Å². The molecular weight excluding hydrogens is 176 g/mol. The molecule has 2 aromatic rings. The van der Waals surface area contributed by atoms with Gasteiger partial charge in [0.25, 0.3) is 0 Å². The zero-order valence-corrected chi connectivity index (χ0v) is 8.49. The molecule has 4 nitrogen and oxygen atoms in total. The first-order chi connectivity index (χ1) is 6.74. The smallest absolute Gasteiger partial charge is 0.202 e. The van der Waals surface area contributed by atoms with Crippen LogP contribution < -0.4 is 5.73 Å². The van der Waals surface area contributed by atoms with Crippen molar-refractivity contribution in [1.82, 2.24) is 14.5 Å². The van der Waals surface area contributed by atoms with Crippen molar-refractivity contribution >= 4 is 17.1 Å². The highest BCUT2D eigenvalue weighted by Gasteiger charge is 2.09. The van der Waals surface area contributed by atoms with Crippen molar-refractivity contribution in [2.45, 2.75) is 26.8 Å². The van der Waals surface area contributed by atoms with Crippen LogP contribution in [0.25, 0.3) is 11.2 Å². The monoisotopic (exact) mass is 190 g/mol. The van der Waals surface area contributed by atoms with E-state index in [0.29, 0.717) is 5.95 Å². The first-order valence-corrected chi connectivity index (χ1v) is 4.81. The number of hydrogen-bond acceptors (Lipinski definition) is 3. The molecule has 0 atom stereocenters. The van der Waals surface area contributed by atoms with Gasteiger partial charge in [0.2, 0.25) is 5.95 Å². The fraction of sp³-hybridized carbons (Fsp3) is 0.400. The molecule has 0 spiro atoms. The quantitative estimate of drug-likeness (QED) is 0.784. The van der Waals surface area contributed by atoms with Gasteiger partial charge in [-0.05, 0) is 25.0 Å². The molecule has 0 radical (unpaired) electrons. The van der Waals surface area contributed by atoms with E-state index in [1.54, 1.807) is 6.20 Å². The molecule has 0 aliphatic heterocycles. The van der Waals surface area contributed by atoms with Gasteiger partial charge >= 0.3 is 0 Å². The van der Waals surface area contributed by atoms with E-state index in [9.17, 15) is 0 Å². The molecule has 0 aromatic carbocycles. The van der Waals surface area contributed by atoms with Gasteiger partial charge in [-0.15, -0.1) is 0 Å². The van der Waals surface area contributed by atoms with Gasteiger partial charge < -0.3 is 5.73 Å². The number of rotatable bonds is 2. The average molecular weight is 190 g/mol. The fourth-order valence-electron chi connectivity index (χ4n) is 1.60. The van der Waals surface area contributed by atoms with E-state index in [2.05, 4.69) is 16.9 Å². The minimum atomic E-state index is 0.559. The molecule has 0 saturated heterocycles. The SMILES string of the molecule is CCCn1c(N)nc2c(C)ccnc21. The Morgan fingerprint density at radius 1 is 1.50 bits per heavy atom. The molecule has 0 bridgehead atoms. The third-order valence-electron chi connectivity index (χ3n) is 2.31. The molecule has 2 heterocycles. The number of hydrogen-bond donors (Lipinski definition) is 1. The van der Waals surface area contributed by atoms with Gasteiger partial charge in [0.05, 0.1) is 0 Å². The summed E-state index contributed by atoms with van der Waals surface area (Å²) in [6, 6.07) is 1.95. The fourth-order valence-corrected chi connectivity index (χ4v) is 1.60. The predicted octanol–water partition coefficient (Wildman–Crippen LogP) is 1.73. The Bertz CT molecular complexity index is 458. The van der Waals surface area contributed by atoms with E-state index in [1.165, 1.54) is 0 Å². The van der Waals surface area contributed by atoms with Crippen LogP contribution in [0, 0.1) is 6.92 Å². The Morgan fingerprint density at radius 2 is 2.29 bits per heavy atom. The maximum atomic E-state index is 5.82. The van der Waals surface area contributed by atoms with E-state index >= 15 is 0 Å². The zero-order valence-electron chi connectivity index (χ0n) is 8.49. The van der Waals surface area contributed by atoms with Crippen molar-refractivity contribution in [3.05, 3.63) is 17.8 Å². The van der Waals surface area contributed by atoms with Gasteiger partial charge in [-0.25, -0.2) is 9.97 Å². The molecule has 0 fully saturated rings. The van der Waals surface area contributed by atoms with Crippen molar-refractivity contribution in [3.8, 4) is 0 Å². The van der Waals surface area contributed by atoms with Crippen molar-refractivity contribution in [2.24, 2.45) is 0 Å². The molecule has 2 N–H and O–H groups in total. The first kappa shape index (κ1) is 8.99. The van der Waals surface area contributed by atoms with Gasteiger partial charge in [0.1, 0.15) is 5.52 Å². The number of fused-ring (bicyclic) bond motifs is 1. The summed E-state index contributed by atoms with van der Waals surface area (Å²) in [5.41, 5.74) is 8.75. The Hall–Kier alpha value is -1.58. The zero-order chi connectivity index (χ0) is 10.1. The highest BCUT2D eigenvalue weighted by Crippen LogP contribution is 2.18. The second-order valence-corrected chi connectivity index (χ2v) is 3.42. The number of pyridine rings is 1. The van der Waals surface area contributed by atoms with E-state index < -0.39 is 0 Å². The molecule has 74 valence electrons. The summed E-state index contributed by atoms with van der Waals surface area (Å²) in [6.45, 7) is 5.01. The minimum Gasteiger partial charge on any atom is -0.369 e. The van der Waals surface area contributed by atoms with Crippen LogP contribution in [-0.4, -0.2) is 14.5 Å². The van der Waals surface area contributed by atoms with Gasteiger partial charge in [0, 0.05) is 12.7 Å².